The fraction of sp³-hybridized carbons (Fsp3) is 0.800. The molecule has 1 unspecified atom stereocenters. The molecule has 0 bridgehead atoms. The molecule has 0 radical (unpaired) electrons. The van der Waals surface area contributed by atoms with E-state index < -0.39 is 0 Å². The van der Waals surface area contributed by atoms with E-state index in [9.17, 15) is 5.11 Å². The van der Waals surface area contributed by atoms with Crippen LogP contribution in [0.4, 0.5) is 0 Å². The van der Waals surface area contributed by atoms with Crippen LogP contribution in [0.1, 0.15) is 31.5 Å². The first-order chi connectivity index (χ1) is 9.58. The van der Waals surface area contributed by atoms with Gasteiger partial charge in [0.2, 0.25) is 0 Å². The molecule has 2 aliphatic rings. The molecular weight excluding hydrogens is 252 g/mol. The lowest BCUT2D eigenvalue weighted by Gasteiger charge is -2.42. The summed E-state index contributed by atoms with van der Waals surface area (Å²) in [6, 6.07) is 1.07. The summed E-state index contributed by atoms with van der Waals surface area (Å²) in [5.74, 6) is 0. The van der Waals surface area contributed by atoms with E-state index >= 15 is 0 Å². The summed E-state index contributed by atoms with van der Waals surface area (Å²) in [5.41, 5.74) is 2.62. The van der Waals surface area contributed by atoms with Crippen molar-refractivity contribution in [1.82, 2.24) is 19.6 Å². The van der Waals surface area contributed by atoms with Crippen LogP contribution in [0, 0.1) is 6.92 Å². The van der Waals surface area contributed by atoms with Crippen molar-refractivity contribution in [2.24, 2.45) is 0 Å². The number of piperazine rings is 1. The van der Waals surface area contributed by atoms with Gasteiger partial charge >= 0.3 is 0 Å². The van der Waals surface area contributed by atoms with Gasteiger partial charge in [0.1, 0.15) is 0 Å². The zero-order chi connectivity index (χ0) is 14.3. The van der Waals surface area contributed by atoms with Crippen molar-refractivity contribution in [1.29, 1.82) is 0 Å². The molecule has 2 fully saturated rings. The fourth-order valence-electron chi connectivity index (χ4n) is 3.67. The molecule has 20 heavy (non-hydrogen) atoms. The number of hydrogen-bond acceptors (Lipinski definition) is 4. The minimum Gasteiger partial charge on any atom is -0.392 e. The summed E-state index contributed by atoms with van der Waals surface area (Å²) in [6.07, 6.45) is 2.81. The second-order valence-corrected chi connectivity index (χ2v) is 6.35. The maximum atomic E-state index is 9.83. The van der Waals surface area contributed by atoms with Crippen LogP contribution >= 0.6 is 0 Å². The molecule has 3 heterocycles. The van der Waals surface area contributed by atoms with Gasteiger partial charge in [-0.05, 0) is 27.2 Å². The highest BCUT2D eigenvalue weighted by atomic mass is 16.3. The van der Waals surface area contributed by atoms with Gasteiger partial charge in [-0.3, -0.25) is 14.5 Å². The van der Waals surface area contributed by atoms with Crippen molar-refractivity contribution < 1.29 is 5.11 Å². The molecule has 2 aliphatic heterocycles. The molecule has 5 nitrogen and oxygen atoms in total. The minimum atomic E-state index is -0.128. The van der Waals surface area contributed by atoms with Crippen molar-refractivity contribution in [2.45, 2.75) is 58.5 Å². The number of aromatic nitrogens is 2. The quantitative estimate of drug-likeness (QED) is 0.890. The normalized spacial score (nSPS) is 31.7. The van der Waals surface area contributed by atoms with Crippen LogP contribution in [-0.2, 0) is 13.1 Å². The molecule has 0 aromatic carbocycles. The Morgan fingerprint density at radius 3 is 2.85 bits per heavy atom. The van der Waals surface area contributed by atoms with Crippen LogP contribution in [-0.4, -0.2) is 62.5 Å². The Kier molecular flexibility index (Phi) is 3.84. The number of rotatable bonds is 3. The summed E-state index contributed by atoms with van der Waals surface area (Å²) in [7, 11) is 0. The molecule has 1 N–H and O–H groups in total. The predicted molar refractivity (Wildman–Crippen MR) is 78.5 cm³/mol. The summed E-state index contributed by atoms with van der Waals surface area (Å²) in [6.45, 7) is 11.5. The first-order valence-corrected chi connectivity index (χ1v) is 7.76. The van der Waals surface area contributed by atoms with E-state index in [-0.39, 0.29) is 6.10 Å². The first kappa shape index (κ1) is 14.0. The lowest BCUT2D eigenvalue weighted by molar-refractivity contribution is 0.0527. The maximum absolute atomic E-state index is 9.83. The maximum Gasteiger partial charge on any atom is 0.0682 e. The highest BCUT2D eigenvalue weighted by Gasteiger charge is 2.38. The standard InChI is InChI=1S/C15H26N4O/c1-4-19-12(3)13(6-16-19)8-17-9-14-5-15(20)10-18(14)7-11(17)2/h6,11,14-15,20H,4-5,7-10H2,1-3H3/t11-,14?,15-/m1/s1. The smallest absolute Gasteiger partial charge is 0.0682 e. The number of nitrogens with zero attached hydrogens (tertiary/aromatic N) is 4. The molecule has 1 aromatic heterocycles. The molecule has 0 spiro atoms. The number of fused-ring (bicyclic) bond motifs is 1. The fourth-order valence-corrected chi connectivity index (χ4v) is 3.67. The third kappa shape index (κ3) is 2.50. The average Bonchev–Trinajstić information content (AvgIpc) is 2.93. The van der Waals surface area contributed by atoms with Crippen LogP contribution in [0.5, 0.6) is 0 Å². The SMILES string of the molecule is CCn1ncc(CN2CC3C[C@@H](O)CN3C[C@H]2C)c1C. The lowest BCUT2D eigenvalue weighted by Crippen LogP contribution is -2.54. The van der Waals surface area contributed by atoms with Crippen molar-refractivity contribution in [2.75, 3.05) is 19.6 Å². The van der Waals surface area contributed by atoms with Gasteiger partial charge in [0.05, 0.1) is 12.3 Å². The summed E-state index contributed by atoms with van der Waals surface area (Å²) in [4.78, 5) is 5.00. The number of aliphatic hydroxyl groups is 1. The van der Waals surface area contributed by atoms with Gasteiger partial charge < -0.3 is 5.11 Å². The molecule has 2 saturated heterocycles. The highest BCUT2D eigenvalue weighted by molar-refractivity contribution is 5.16. The summed E-state index contributed by atoms with van der Waals surface area (Å²) >= 11 is 0. The Balaban J connectivity index is 1.69. The van der Waals surface area contributed by atoms with E-state index in [0.717, 1.165) is 39.1 Å². The van der Waals surface area contributed by atoms with E-state index in [0.29, 0.717) is 12.1 Å². The van der Waals surface area contributed by atoms with E-state index in [1.165, 1.54) is 11.3 Å². The third-order valence-corrected chi connectivity index (χ3v) is 4.95. The van der Waals surface area contributed by atoms with Gasteiger partial charge in [0.15, 0.2) is 0 Å². The van der Waals surface area contributed by atoms with E-state index in [2.05, 4.69) is 40.4 Å². The van der Waals surface area contributed by atoms with E-state index in [1.807, 2.05) is 6.20 Å². The Labute approximate surface area is 121 Å². The zero-order valence-electron chi connectivity index (χ0n) is 12.8. The van der Waals surface area contributed by atoms with Gasteiger partial charge in [-0.2, -0.15) is 5.10 Å². The summed E-state index contributed by atoms with van der Waals surface area (Å²) < 4.78 is 2.07. The van der Waals surface area contributed by atoms with Crippen molar-refractivity contribution in [3.63, 3.8) is 0 Å². The van der Waals surface area contributed by atoms with Crippen molar-refractivity contribution in [3.8, 4) is 0 Å². The number of hydrogen-bond donors (Lipinski definition) is 1. The molecule has 3 rings (SSSR count). The largest absolute Gasteiger partial charge is 0.392 e. The Bertz CT molecular complexity index is 472. The molecular formula is C15H26N4O. The van der Waals surface area contributed by atoms with Gasteiger partial charge in [-0.25, -0.2) is 0 Å². The molecule has 1 aromatic rings. The lowest BCUT2D eigenvalue weighted by atomic mass is 10.1. The molecule has 0 amide bonds. The molecule has 0 saturated carbocycles. The Morgan fingerprint density at radius 2 is 2.15 bits per heavy atom. The van der Waals surface area contributed by atoms with E-state index in [4.69, 9.17) is 0 Å². The number of aryl methyl sites for hydroxylation is 1. The topological polar surface area (TPSA) is 44.5 Å². The minimum absolute atomic E-state index is 0.128. The monoisotopic (exact) mass is 278 g/mol. The van der Waals surface area contributed by atoms with Crippen molar-refractivity contribution in [3.05, 3.63) is 17.5 Å². The molecule has 0 aliphatic carbocycles. The van der Waals surface area contributed by atoms with E-state index in [1.54, 1.807) is 0 Å². The van der Waals surface area contributed by atoms with Crippen LogP contribution in [0.25, 0.3) is 0 Å². The molecule has 3 atom stereocenters. The second kappa shape index (κ2) is 5.47. The third-order valence-electron chi connectivity index (χ3n) is 4.95. The van der Waals surface area contributed by atoms with Gasteiger partial charge in [0, 0.05) is 56.1 Å². The summed E-state index contributed by atoms with van der Waals surface area (Å²) in [5, 5.41) is 14.3. The van der Waals surface area contributed by atoms with Gasteiger partial charge in [-0.1, -0.05) is 0 Å². The van der Waals surface area contributed by atoms with Crippen LogP contribution in [0.2, 0.25) is 0 Å². The van der Waals surface area contributed by atoms with Crippen LogP contribution in [0.15, 0.2) is 6.20 Å². The molecule has 112 valence electrons. The van der Waals surface area contributed by atoms with Crippen molar-refractivity contribution >= 4 is 0 Å². The number of aliphatic hydroxyl groups excluding tert-OH is 1. The first-order valence-electron chi connectivity index (χ1n) is 7.76. The highest BCUT2D eigenvalue weighted by Crippen LogP contribution is 2.26. The predicted octanol–water partition coefficient (Wildman–Crippen LogP) is 0.851. The average molecular weight is 278 g/mol. The van der Waals surface area contributed by atoms with Gasteiger partial charge in [-0.15, -0.1) is 0 Å². The zero-order valence-corrected chi connectivity index (χ0v) is 12.8. The molecule has 5 heteroatoms. The second-order valence-electron chi connectivity index (χ2n) is 6.35. The van der Waals surface area contributed by atoms with Gasteiger partial charge in [0.25, 0.3) is 0 Å². The van der Waals surface area contributed by atoms with Crippen LogP contribution in [0.3, 0.4) is 0 Å². The Morgan fingerprint density at radius 1 is 1.35 bits per heavy atom. The Hall–Kier alpha value is -0.910. The van der Waals surface area contributed by atoms with Crippen LogP contribution < -0.4 is 0 Å².